The first-order valence-electron chi connectivity index (χ1n) is 6.51. The topological polar surface area (TPSA) is 40.5 Å². The normalized spacial score (nSPS) is 10.1. The number of aliphatic hydroxyl groups excluding tert-OH is 1. The molecule has 0 aliphatic heterocycles. The number of amides is 1. The summed E-state index contributed by atoms with van der Waals surface area (Å²) in [6, 6.07) is 3.91. The highest BCUT2D eigenvalue weighted by molar-refractivity contribution is 7.14. The molecule has 0 atom stereocenters. The first-order valence-corrected chi connectivity index (χ1v) is 8.20. The molecule has 0 fully saturated rings. The van der Waals surface area contributed by atoms with Crippen molar-refractivity contribution in [1.29, 1.82) is 0 Å². The Hall–Kier alpha value is -1.61. The maximum atomic E-state index is 12.4. The van der Waals surface area contributed by atoms with Crippen molar-refractivity contribution in [1.82, 2.24) is 4.90 Å². The fourth-order valence-corrected chi connectivity index (χ4v) is 3.66. The molecular formula is C16H17NO2S2. The van der Waals surface area contributed by atoms with Gasteiger partial charge in [-0.2, -0.15) is 0 Å². The monoisotopic (exact) mass is 319 g/mol. The van der Waals surface area contributed by atoms with Crippen LogP contribution in [0.15, 0.2) is 17.5 Å². The number of hydrogen-bond acceptors (Lipinski definition) is 4. The van der Waals surface area contributed by atoms with E-state index in [0.29, 0.717) is 6.54 Å². The van der Waals surface area contributed by atoms with Gasteiger partial charge in [-0.15, -0.1) is 22.7 Å². The summed E-state index contributed by atoms with van der Waals surface area (Å²) in [6.45, 7) is 4.48. The lowest BCUT2D eigenvalue weighted by molar-refractivity contribution is 0.0790. The van der Waals surface area contributed by atoms with E-state index in [1.807, 2.05) is 38.4 Å². The highest BCUT2D eigenvalue weighted by Crippen LogP contribution is 2.23. The molecule has 0 unspecified atom stereocenters. The Morgan fingerprint density at radius 1 is 1.38 bits per heavy atom. The highest BCUT2D eigenvalue weighted by atomic mass is 32.1. The van der Waals surface area contributed by atoms with Crippen LogP contribution in [-0.2, 0) is 6.54 Å². The molecule has 21 heavy (non-hydrogen) atoms. The van der Waals surface area contributed by atoms with E-state index in [-0.39, 0.29) is 12.5 Å². The Bertz CT molecular complexity index is 684. The number of thiophene rings is 2. The molecule has 3 nitrogen and oxygen atoms in total. The van der Waals surface area contributed by atoms with Crippen molar-refractivity contribution < 1.29 is 9.90 Å². The van der Waals surface area contributed by atoms with Gasteiger partial charge in [-0.1, -0.05) is 11.8 Å². The average molecular weight is 319 g/mol. The lowest BCUT2D eigenvalue weighted by Gasteiger charge is -2.15. The third-order valence-electron chi connectivity index (χ3n) is 3.09. The molecule has 0 aromatic carbocycles. The Morgan fingerprint density at radius 3 is 2.76 bits per heavy atom. The molecule has 2 heterocycles. The van der Waals surface area contributed by atoms with Crippen LogP contribution < -0.4 is 0 Å². The zero-order chi connectivity index (χ0) is 15.4. The SMILES string of the molecule is Cc1cc(C(=O)N(C)Cc2csc(C#CCO)c2)sc1C. The Balaban J connectivity index is 2.05. The summed E-state index contributed by atoms with van der Waals surface area (Å²) in [5.41, 5.74) is 2.22. The summed E-state index contributed by atoms with van der Waals surface area (Å²) >= 11 is 3.06. The van der Waals surface area contributed by atoms with Gasteiger partial charge in [-0.3, -0.25) is 4.79 Å². The van der Waals surface area contributed by atoms with Crippen LogP contribution in [0.4, 0.5) is 0 Å². The zero-order valence-electron chi connectivity index (χ0n) is 12.3. The zero-order valence-corrected chi connectivity index (χ0v) is 13.9. The molecule has 2 aromatic heterocycles. The van der Waals surface area contributed by atoms with Crippen LogP contribution in [0.3, 0.4) is 0 Å². The molecule has 2 aromatic rings. The number of rotatable bonds is 3. The van der Waals surface area contributed by atoms with Crippen molar-refractivity contribution in [2.75, 3.05) is 13.7 Å². The molecule has 0 spiro atoms. The minimum Gasteiger partial charge on any atom is -0.384 e. The number of aliphatic hydroxyl groups is 1. The molecule has 0 saturated heterocycles. The molecule has 2 rings (SSSR count). The summed E-state index contributed by atoms with van der Waals surface area (Å²) in [7, 11) is 1.81. The second-order valence-corrected chi connectivity index (χ2v) is 6.96. The van der Waals surface area contributed by atoms with Crippen molar-refractivity contribution in [2.24, 2.45) is 0 Å². The van der Waals surface area contributed by atoms with E-state index >= 15 is 0 Å². The Labute approximate surface area is 132 Å². The molecule has 1 N–H and O–H groups in total. The first-order chi connectivity index (χ1) is 10.0. The minimum absolute atomic E-state index is 0.0467. The predicted octanol–water partition coefficient (Wildman–Crippen LogP) is 3.04. The van der Waals surface area contributed by atoms with Crippen LogP contribution in [0.2, 0.25) is 0 Å². The van der Waals surface area contributed by atoms with Crippen molar-refractivity contribution >= 4 is 28.6 Å². The molecule has 1 amide bonds. The van der Waals surface area contributed by atoms with Crippen molar-refractivity contribution in [3.63, 3.8) is 0 Å². The highest BCUT2D eigenvalue weighted by Gasteiger charge is 2.15. The average Bonchev–Trinajstić information content (AvgIpc) is 3.03. The van der Waals surface area contributed by atoms with Gasteiger partial charge < -0.3 is 10.0 Å². The van der Waals surface area contributed by atoms with Crippen LogP contribution >= 0.6 is 22.7 Å². The number of nitrogens with zero attached hydrogens (tertiary/aromatic N) is 1. The number of aryl methyl sites for hydroxylation is 2. The van der Waals surface area contributed by atoms with Crippen molar-refractivity contribution in [2.45, 2.75) is 20.4 Å². The van der Waals surface area contributed by atoms with Gasteiger partial charge in [-0.25, -0.2) is 0 Å². The second-order valence-electron chi connectivity index (χ2n) is 4.79. The molecule has 0 radical (unpaired) electrons. The molecule has 0 saturated carbocycles. The Kier molecular flexibility index (Phi) is 5.18. The molecule has 110 valence electrons. The number of carbonyl (C=O) groups is 1. The number of carbonyl (C=O) groups excluding carboxylic acids is 1. The summed E-state index contributed by atoms with van der Waals surface area (Å²) < 4.78 is 0. The van der Waals surface area contributed by atoms with E-state index in [4.69, 9.17) is 5.11 Å². The van der Waals surface area contributed by atoms with E-state index in [0.717, 1.165) is 20.9 Å². The summed E-state index contributed by atoms with van der Waals surface area (Å²) in [5, 5.41) is 10.7. The van der Waals surface area contributed by atoms with Gasteiger partial charge >= 0.3 is 0 Å². The van der Waals surface area contributed by atoms with E-state index in [1.54, 1.807) is 4.90 Å². The smallest absolute Gasteiger partial charge is 0.263 e. The van der Waals surface area contributed by atoms with Gasteiger partial charge in [0.2, 0.25) is 0 Å². The number of hydrogen-bond donors (Lipinski definition) is 1. The molecule has 0 bridgehead atoms. The summed E-state index contributed by atoms with van der Waals surface area (Å²) in [5.74, 6) is 5.55. The quantitative estimate of drug-likeness (QED) is 0.884. The lowest BCUT2D eigenvalue weighted by atomic mass is 10.2. The van der Waals surface area contributed by atoms with E-state index in [2.05, 4.69) is 11.8 Å². The van der Waals surface area contributed by atoms with Crippen LogP contribution in [0, 0.1) is 25.7 Å². The van der Waals surface area contributed by atoms with Crippen molar-refractivity contribution in [3.8, 4) is 11.8 Å². The van der Waals surface area contributed by atoms with Gasteiger partial charge in [-0.05, 0) is 42.5 Å². The lowest BCUT2D eigenvalue weighted by Crippen LogP contribution is -2.25. The van der Waals surface area contributed by atoms with Gasteiger partial charge in [0.05, 0.1) is 9.75 Å². The fourth-order valence-electron chi connectivity index (χ4n) is 1.86. The maximum absolute atomic E-state index is 12.4. The second kappa shape index (κ2) is 6.90. The summed E-state index contributed by atoms with van der Waals surface area (Å²) in [4.78, 5) is 17.0. The third kappa shape index (κ3) is 3.94. The standard InChI is InChI=1S/C16H17NO2S2/c1-11-7-15(21-12(11)2)16(19)17(3)9-13-8-14(20-10-13)5-4-6-18/h7-8,10,18H,6,9H2,1-3H3. The molecule has 5 heteroatoms. The van der Waals surface area contributed by atoms with E-state index in [9.17, 15) is 4.79 Å². The van der Waals surface area contributed by atoms with Crippen molar-refractivity contribution in [3.05, 3.63) is 43.3 Å². The Morgan fingerprint density at radius 2 is 2.14 bits per heavy atom. The van der Waals surface area contributed by atoms with Crippen LogP contribution in [0.25, 0.3) is 0 Å². The maximum Gasteiger partial charge on any atom is 0.263 e. The summed E-state index contributed by atoms with van der Waals surface area (Å²) in [6.07, 6.45) is 0. The van der Waals surface area contributed by atoms with E-state index < -0.39 is 0 Å². The predicted molar refractivity (Wildman–Crippen MR) is 87.9 cm³/mol. The van der Waals surface area contributed by atoms with E-state index in [1.165, 1.54) is 27.6 Å². The third-order valence-corrected chi connectivity index (χ3v) is 5.12. The molecule has 0 aliphatic carbocycles. The van der Waals surface area contributed by atoms with Gasteiger partial charge in [0.15, 0.2) is 0 Å². The van der Waals surface area contributed by atoms with Gasteiger partial charge in [0.1, 0.15) is 6.61 Å². The van der Waals surface area contributed by atoms with Gasteiger partial charge in [0.25, 0.3) is 5.91 Å². The van der Waals surface area contributed by atoms with Crippen LogP contribution in [0.5, 0.6) is 0 Å². The van der Waals surface area contributed by atoms with Crippen LogP contribution in [-0.4, -0.2) is 29.6 Å². The van der Waals surface area contributed by atoms with Crippen LogP contribution in [0.1, 0.15) is 30.6 Å². The molecule has 0 aliphatic rings. The molecular weight excluding hydrogens is 302 g/mol. The first kappa shape index (κ1) is 15.8. The largest absolute Gasteiger partial charge is 0.384 e. The fraction of sp³-hybridized carbons (Fsp3) is 0.312. The van der Waals surface area contributed by atoms with Gasteiger partial charge in [0, 0.05) is 18.5 Å². The minimum atomic E-state index is -0.136.